The molecule has 2 aromatic carbocycles. The summed E-state index contributed by atoms with van der Waals surface area (Å²) in [6, 6.07) is 13.1. The van der Waals surface area contributed by atoms with E-state index in [0.29, 0.717) is 16.8 Å². The number of nitriles is 1. The molecule has 4 heteroatoms. The summed E-state index contributed by atoms with van der Waals surface area (Å²) >= 11 is 3.37. The number of nitrogens with one attached hydrogen (secondary N) is 1. The zero-order chi connectivity index (χ0) is 14.7. The number of carbonyl (C=O) groups is 1. The highest BCUT2D eigenvalue weighted by molar-refractivity contribution is 9.10. The third-order valence-corrected chi connectivity index (χ3v) is 3.69. The van der Waals surface area contributed by atoms with Gasteiger partial charge in [0.25, 0.3) is 5.91 Å². The van der Waals surface area contributed by atoms with Gasteiger partial charge in [-0.2, -0.15) is 5.26 Å². The van der Waals surface area contributed by atoms with E-state index in [1.165, 1.54) is 0 Å². The summed E-state index contributed by atoms with van der Waals surface area (Å²) in [5.74, 6) is -0.234. The highest BCUT2D eigenvalue weighted by atomic mass is 79.9. The van der Waals surface area contributed by atoms with Crippen LogP contribution >= 0.6 is 15.9 Å². The largest absolute Gasteiger partial charge is 0.321 e. The van der Waals surface area contributed by atoms with Crippen LogP contribution in [0.3, 0.4) is 0 Å². The lowest BCUT2D eigenvalue weighted by atomic mass is 10.1. The molecule has 0 unspecified atom stereocenters. The number of rotatable bonds is 2. The molecule has 100 valence electrons. The Kier molecular flexibility index (Phi) is 4.21. The zero-order valence-corrected chi connectivity index (χ0v) is 12.8. The van der Waals surface area contributed by atoms with Crippen LogP contribution in [0.5, 0.6) is 0 Å². The van der Waals surface area contributed by atoms with E-state index in [2.05, 4.69) is 27.3 Å². The van der Waals surface area contributed by atoms with Crippen molar-refractivity contribution < 1.29 is 4.79 Å². The molecule has 3 nitrogen and oxygen atoms in total. The smallest absolute Gasteiger partial charge is 0.256 e. The van der Waals surface area contributed by atoms with Crippen molar-refractivity contribution in [3.63, 3.8) is 0 Å². The minimum Gasteiger partial charge on any atom is -0.321 e. The summed E-state index contributed by atoms with van der Waals surface area (Å²) < 4.78 is 0.728. The zero-order valence-electron chi connectivity index (χ0n) is 11.2. The molecule has 20 heavy (non-hydrogen) atoms. The van der Waals surface area contributed by atoms with E-state index in [1.54, 1.807) is 12.1 Å². The van der Waals surface area contributed by atoms with Gasteiger partial charge in [-0.15, -0.1) is 0 Å². The Morgan fingerprint density at radius 1 is 1.25 bits per heavy atom. The van der Waals surface area contributed by atoms with E-state index >= 15 is 0 Å². The van der Waals surface area contributed by atoms with Crippen molar-refractivity contribution in [3.8, 4) is 6.07 Å². The topological polar surface area (TPSA) is 52.9 Å². The highest BCUT2D eigenvalue weighted by Gasteiger charge is 2.13. The normalized spacial score (nSPS) is 9.90. The van der Waals surface area contributed by atoms with E-state index in [1.807, 2.05) is 38.1 Å². The van der Waals surface area contributed by atoms with E-state index < -0.39 is 0 Å². The first-order valence-electron chi connectivity index (χ1n) is 6.10. The first kappa shape index (κ1) is 14.3. The number of nitrogens with zero attached hydrogens (tertiary/aromatic N) is 1. The fourth-order valence-electron chi connectivity index (χ4n) is 1.92. The number of hydrogen-bond donors (Lipinski definition) is 1. The first-order chi connectivity index (χ1) is 9.52. The van der Waals surface area contributed by atoms with Gasteiger partial charge in [-0.25, -0.2) is 0 Å². The van der Waals surface area contributed by atoms with Crippen LogP contribution in [0.1, 0.15) is 27.0 Å². The molecule has 0 fully saturated rings. The van der Waals surface area contributed by atoms with Crippen molar-refractivity contribution in [3.05, 3.63) is 63.1 Å². The van der Waals surface area contributed by atoms with E-state index in [-0.39, 0.29) is 5.91 Å². The Balaban J connectivity index is 2.36. The lowest BCUT2D eigenvalue weighted by Gasteiger charge is -2.10. The first-order valence-corrected chi connectivity index (χ1v) is 6.89. The maximum atomic E-state index is 12.3. The fraction of sp³-hybridized carbons (Fsp3) is 0.125. The van der Waals surface area contributed by atoms with Crippen LogP contribution in [-0.2, 0) is 0 Å². The second kappa shape index (κ2) is 5.89. The molecule has 0 aliphatic rings. The average Bonchev–Trinajstić information content (AvgIpc) is 2.41. The van der Waals surface area contributed by atoms with Gasteiger partial charge in [0.05, 0.1) is 16.8 Å². The van der Waals surface area contributed by atoms with Crippen molar-refractivity contribution in [1.82, 2.24) is 0 Å². The number of benzene rings is 2. The molecule has 0 aliphatic heterocycles. The van der Waals surface area contributed by atoms with Gasteiger partial charge in [0, 0.05) is 4.47 Å². The molecule has 0 heterocycles. The molecule has 0 atom stereocenters. The van der Waals surface area contributed by atoms with Crippen molar-refractivity contribution in [2.24, 2.45) is 0 Å². The van der Waals surface area contributed by atoms with Gasteiger partial charge >= 0.3 is 0 Å². The maximum Gasteiger partial charge on any atom is 0.256 e. The van der Waals surface area contributed by atoms with Crippen LogP contribution in [0.4, 0.5) is 5.69 Å². The van der Waals surface area contributed by atoms with Gasteiger partial charge < -0.3 is 5.32 Å². The summed E-state index contributed by atoms with van der Waals surface area (Å²) in [6.07, 6.45) is 0. The van der Waals surface area contributed by atoms with Gasteiger partial charge in [0.1, 0.15) is 6.07 Å². The van der Waals surface area contributed by atoms with Crippen LogP contribution in [0.15, 0.2) is 40.9 Å². The number of amides is 1. The molecule has 0 spiro atoms. The summed E-state index contributed by atoms with van der Waals surface area (Å²) in [4.78, 5) is 12.3. The number of anilines is 1. The van der Waals surface area contributed by atoms with Gasteiger partial charge in [-0.05, 0) is 53.5 Å². The molecular formula is C16H13BrN2O. The van der Waals surface area contributed by atoms with Gasteiger partial charge in [0.15, 0.2) is 0 Å². The van der Waals surface area contributed by atoms with Gasteiger partial charge in [-0.1, -0.05) is 23.8 Å². The summed E-state index contributed by atoms with van der Waals surface area (Å²) in [7, 11) is 0. The fourth-order valence-corrected chi connectivity index (χ4v) is 2.35. The van der Waals surface area contributed by atoms with Crippen molar-refractivity contribution in [1.29, 1.82) is 5.26 Å². The SMILES string of the molecule is Cc1ccc(Br)c(C(=O)Nc2cccc(C)c2C#N)c1. The van der Waals surface area contributed by atoms with E-state index in [4.69, 9.17) is 0 Å². The minimum absolute atomic E-state index is 0.234. The third-order valence-electron chi connectivity index (χ3n) is 3.00. The molecule has 0 radical (unpaired) electrons. The number of hydrogen-bond acceptors (Lipinski definition) is 2. The second-order valence-corrected chi connectivity index (χ2v) is 5.40. The summed E-state index contributed by atoms with van der Waals surface area (Å²) in [6.45, 7) is 3.77. The second-order valence-electron chi connectivity index (χ2n) is 4.55. The lowest BCUT2D eigenvalue weighted by molar-refractivity contribution is 0.102. The molecule has 0 saturated heterocycles. The lowest BCUT2D eigenvalue weighted by Crippen LogP contribution is -2.14. The Bertz CT molecular complexity index is 717. The third kappa shape index (κ3) is 2.89. The van der Waals surface area contributed by atoms with Crippen LogP contribution in [0.2, 0.25) is 0 Å². The molecule has 1 amide bonds. The van der Waals surface area contributed by atoms with Crippen molar-refractivity contribution in [2.75, 3.05) is 5.32 Å². The molecule has 0 saturated carbocycles. The monoisotopic (exact) mass is 328 g/mol. The summed E-state index contributed by atoms with van der Waals surface area (Å²) in [5, 5.41) is 12.0. The van der Waals surface area contributed by atoms with Crippen LogP contribution in [0, 0.1) is 25.2 Å². The molecule has 2 rings (SSSR count). The van der Waals surface area contributed by atoms with Gasteiger partial charge in [-0.3, -0.25) is 4.79 Å². The molecule has 0 aliphatic carbocycles. The number of carbonyl (C=O) groups excluding carboxylic acids is 1. The maximum absolute atomic E-state index is 12.3. The molecule has 2 aromatic rings. The molecular weight excluding hydrogens is 316 g/mol. The predicted molar refractivity (Wildman–Crippen MR) is 82.7 cm³/mol. The van der Waals surface area contributed by atoms with Crippen molar-refractivity contribution >= 4 is 27.5 Å². The number of halogens is 1. The molecule has 0 aromatic heterocycles. The Hall–Kier alpha value is -2.12. The molecule has 1 N–H and O–H groups in total. The molecule has 0 bridgehead atoms. The summed E-state index contributed by atoms with van der Waals surface area (Å²) in [5.41, 5.74) is 3.42. The van der Waals surface area contributed by atoms with Gasteiger partial charge in [0.2, 0.25) is 0 Å². The van der Waals surface area contributed by atoms with Crippen LogP contribution in [0.25, 0.3) is 0 Å². The Labute approximate surface area is 126 Å². The minimum atomic E-state index is -0.234. The quantitative estimate of drug-likeness (QED) is 0.898. The van der Waals surface area contributed by atoms with E-state index in [0.717, 1.165) is 15.6 Å². The van der Waals surface area contributed by atoms with Crippen molar-refractivity contribution in [2.45, 2.75) is 13.8 Å². The highest BCUT2D eigenvalue weighted by Crippen LogP contribution is 2.22. The Morgan fingerprint density at radius 3 is 2.70 bits per heavy atom. The number of aryl methyl sites for hydroxylation is 2. The van der Waals surface area contributed by atoms with E-state index in [9.17, 15) is 10.1 Å². The average molecular weight is 329 g/mol. The standard InChI is InChI=1S/C16H13BrN2O/c1-10-6-7-14(17)12(8-10)16(20)19-15-5-3-4-11(2)13(15)9-18/h3-8H,1-2H3,(H,19,20). The predicted octanol–water partition coefficient (Wildman–Crippen LogP) is 4.19. The van der Waals surface area contributed by atoms with Crippen LogP contribution < -0.4 is 5.32 Å². The van der Waals surface area contributed by atoms with Crippen LogP contribution in [-0.4, -0.2) is 5.91 Å². The Morgan fingerprint density at radius 2 is 2.00 bits per heavy atom.